The highest BCUT2D eigenvalue weighted by Gasteiger charge is 2.33. The highest BCUT2D eigenvalue weighted by atomic mass is 19.4. The maximum atomic E-state index is 12.6. The van der Waals surface area contributed by atoms with Crippen LogP contribution in [0.1, 0.15) is 11.3 Å². The van der Waals surface area contributed by atoms with Crippen LogP contribution in [0.25, 0.3) is 6.08 Å². The van der Waals surface area contributed by atoms with Gasteiger partial charge in [-0.2, -0.15) is 18.3 Å². The topological polar surface area (TPSA) is 41.4 Å². The highest BCUT2D eigenvalue weighted by Crippen LogP contribution is 2.27. The van der Waals surface area contributed by atoms with Crippen LogP contribution < -0.4 is 0 Å². The van der Waals surface area contributed by atoms with Crippen molar-refractivity contribution in [2.45, 2.75) is 12.7 Å². The van der Waals surface area contributed by atoms with Gasteiger partial charge in [-0.3, -0.25) is 14.4 Å². The molecular formula is C19H21F3N4O. The standard InChI is InChI=1S/C19H21F3N4O/c20-19(21,22)17-8-10-26(23-17)15-18(27)25-13-11-24(12-14-25)9-4-7-16-5-2-1-3-6-16/h1-8,10H,9,11-15H2/b7-4+. The molecule has 144 valence electrons. The predicted molar refractivity (Wildman–Crippen MR) is 95.7 cm³/mol. The lowest BCUT2D eigenvalue weighted by Crippen LogP contribution is -2.49. The van der Waals surface area contributed by atoms with Gasteiger partial charge in [0.15, 0.2) is 5.69 Å². The van der Waals surface area contributed by atoms with Crippen LogP contribution in [-0.4, -0.2) is 58.2 Å². The van der Waals surface area contributed by atoms with E-state index in [1.807, 2.05) is 30.3 Å². The molecule has 1 aromatic heterocycles. The van der Waals surface area contributed by atoms with Crippen molar-refractivity contribution in [3.05, 3.63) is 59.9 Å². The van der Waals surface area contributed by atoms with Gasteiger partial charge in [0.2, 0.25) is 5.91 Å². The molecule has 2 aromatic rings. The molecule has 1 aliphatic heterocycles. The third-order valence-electron chi connectivity index (χ3n) is 4.43. The summed E-state index contributed by atoms with van der Waals surface area (Å²) in [6.45, 7) is 3.21. The van der Waals surface area contributed by atoms with Gasteiger partial charge in [-0.1, -0.05) is 42.5 Å². The monoisotopic (exact) mass is 378 g/mol. The van der Waals surface area contributed by atoms with Gasteiger partial charge in [-0.05, 0) is 11.6 Å². The minimum Gasteiger partial charge on any atom is -0.339 e. The second-order valence-electron chi connectivity index (χ2n) is 6.39. The summed E-state index contributed by atoms with van der Waals surface area (Å²) in [7, 11) is 0. The summed E-state index contributed by atoms with van der Waals surface area (Å²) in [5.74, 6) is -0.216. The first-order chi connectivity index (χ1) is 12.9. The normalized spacial score (nSPS) is 16.2. The van der Waals surface area contributed by atoms with E-state index >= 15 is 0 Å². The summed E-state index contributed by atoms with van der Waals surface area (Å²) >= 11 is 0. The fourth-order valence-electron chi connectivity index (χ4n) is 2.92. The zero-order valence-corrected chi connectivity index (χ0v) is 14.8. The summed E-state index contributed by atoms with van der Waals surface area (Å²) in [6, 6.07) is 10.9. The zero-order valence-electron chi connectivity index (χ0n) is 14.8. The molecule has 1 amide bonds. The molecular weight excluding hydrogens is 357 g/mol. The largest absolute Gasteiger partial charge is 0.435 e. The van der Waals surface area contributed by atoms with E-state index < -0.39 is 11.9 Å². The van der Waals surface area contributed by atoms with Gasteiger partial charge < -0.3 is 4.90 Å². The lowest BCUT2D eigenvalue weighted by molar-refractivity contribution is -0.142. The number of hydrogen-bond acceptors (Lipinski definition) is 3. The summed E-state index contributed by atoms with van der Waals surface area (Å²) in [6.07, 6.45) is 0.848. The molecule has 0 bridgehead atoms. The highest BCUT2D eigenvalue weighted by molar-refractivity contribution is 5.76. The first kappa shape index (κ1) is 19.2. The first-order valence-electron chi connectivity index (χ1n) is 8.74. The van der Waals surface area contributed by atoms with Gasteiger partial charge in [-0.15, -0.1) is 0 Å². The van der Waals surface area contributed by atoms with Crippen molar-refractivity contribution in [2.24, 2.45) is 0 Å². The van der Waals surface area contributed by atoms with Crippen LogP contribution in [0.15, 0.2) is 48.7 Å². The molecule has 0 radical (unpaired) electrons. The molecule has 1 saturated heterocycles. The van der Waals surface area contributed by atoms with Crippen LogP contribution in [0, 0.1) is 0 Å². The maximum Gasteiger partial charge on any atom is 0.435 e. The number of rotatable bonds is 5. The molecule has 0 atom stereocenters. The zero-order chi connectivity index (χ0) is 19.3. The quantitative estimate of drug-likeness (QED) is 0.804. The Bertz CT molecular complexity index is 778. The van der Waals surface area contributed by atoms with E-state index in [0.29, 0.717) is 13.1 Å². The molecule has 1 fully saturated rings. The van der Waals surface area contributed by atoms with E-state index in [-0.39, 0.29) is 12.5 Å². The minimum atomic E-state index is -4.49. The molecule has 1 aromatic carbocycles. The van der Waals surface area contributed by atoms with E-state index in [0.717, 1.165) is 35.9 Å². The smallest absolute Gasteiger partial charge is 0.339 e. The van der Waals surface area contributed by atoms with Gasteiger partial charge in [0.05, 0.1) is 0 Å². The van der Waals surface area contributed by atoms with E-state index in [4.69, 9.17) is 0 Å². The number of carbonyl (C=O) groups is 1. The van der Waals surface area contributed by atoms with Gasteiger partial charge >= 0.3 is 6.18 Å². The molecule has 1 aliphatic rings. The average molecular weight is 378 g/mol. The van der Waals surface area contributed by atoms with E-state index in [1.165, 1.54) is 6.20 Å². The van der Waals surface area contributed by atoms with Crippen LogP contribution in [0.5, 0.6) is 0 Å². The minimum absolute atomic E-state index is 0.177. The van der Waals surface area contributed by atoms with E-state index in [9.17, 15) is 18.0 Å². The van der Waals surface area contributed by atoms with Crippen molar-refractivity contribution in [1.29, 1.82) is 0 Å². The third-order valence-corrected chi connectivity index (χ3v) is 4.43. The van der Waals surface area contributed by atoms with Crippen LogP contribution >= 0.6 is 0 Å². The number of hydrogen-bond donors (Lipinski definition) is 0. The van der Waals surface area contributed by atoms with Crippen molar-refractivity contribution < 1.29 is 18.0 Å². The number of aromatic nitrogens is 2. The SMILES string of the molecule is O=C(Cn1ccc(C(F)(F)F)n1)N1CCN(C/C=C/c2ccccc2)CC1. The molecule has 2 heterocycles. The van der Waals surface area contributed by atoms with Crippen LogP contribution in [0.2, 0.25) is 0 Å². The van der Waals surface area contributed by atoms with Crippen LogP contribution in [0.4, 0.5) is 13.2 Å². The Morgan fingerprint density at radius 2 is 1.78 bits per heavy atom. The fourth-order valence-corrected chi connectivity index (χ4v) is 2.92. The second-order valence-corrected chi connectivity index (χ2v) is 6.39. The lowest BCUT2D eigenvalue weighted by Gasteiger charge is -2.34. The van der Waals surface area contributed by atoms with Gasteiger partial charge in [-0.25, -0.2) is 0 Å². The summed E-state index contributed by atoms with van der Waals surface area (Å²) < 4.78 is 38.7. The number of carbonyl (C=O) groups excluding carboxylic acids is 1. The van der Waals surface area contributed by atoms with Crippen molar-refractivity contribution in [3.63, 3.8) is 0 Å². The van der Waals surface area contributed by atoms with E-state index in [2.05, 4.69) is 22.2 Å². The van der Waals surface area contributed by atoms with Crippen molar-refractivity contribution in [1.82, 2.24) is 19.6 Å². The summed E-state index contributed by atoms with van der Waals surface area (Å²) in [5.41, 5.74) is 0.161. The van der Waals surface area contributed by atoms with Gasteiger partial charge in [0, 0.05) is 38.9 Å². The number of amides is 1. The Labute approximate surface area is 155 Å². The number of piperazine rings is 1. The molecule has 0 saturated carbocycles. The molecule has 27 heavy (non-hydrogen) atoms. The molecule has 0 N–H and O–H groups in total. The molecule has 0 spiro atoms. The first-order valence-corrected chi connectivity index (χ1v) is 8.74. The second kappa shape index (κ2) is 8.39. The number of halogens is 3. The summed E-state index contributed by atoms with van der Waals surface area (Å²) in [4.78, 5) is 16.2. The Balaban J connectivity index is 1.44. The number of benzene rings is 1. The van der Waals surface area contributed by atoms with E-state index in [1.54, 1.807) is 4.90 Å². The summed E-state index contributed by atoms with van der Waals surface area (Å²) in [5, 5.41) is 3.43. The Morgan fingerprint density at radius 1 is 1.07 bits per heavy atom. The molecule has 8 heteroatoms. The third kappa shape index (κ3) is 5.43. The van der Waals surface area contributed by atoms with Crippen molar-refractivity contribution >= 4 is 12.0 Å². The molecule has 3 rings (SSSR count). The van der Waals surface area contributed by atoms with Gasteiger partial charge in [0.25, 0.3) is 0 Å². The van der Waals surface area contributed by atoms with Crippen molar-refractivity contribution in [3.8, 4) is 0 Å². The molecule has 5 nitrogen and oxygen atoms in total. The fraction of sp³-hybridized carbons (Fsp3) is 0.368. The predicted octanol–water partition coefficient (Wildman–Crippen LogP) is 2.76. The van der Waals surface area contributed by atoms with Crippen LogP contribution in [-0.2, 0) is 17.5 Å². The van der Waals surface area contributed by atoms with Crippen molar-refractivity contribution in [2.75, 3.05) is 32.7 Å². The average Bonchev–Trinajstić information content (AvgIpc) is 3.12. The van der Waals surface area contributed by atoms with Crippen LogP contribution in [0.3, 0.4) is 0 Å². The lowest BCUT2D eigenvalue weighted by atomic mass is 10.2. The molecule has 0 unspecified atom stereocenters. The van der Waals surface area contributed by atoms with Gasteiger partial charge in [0.1, 0.15) is 6.54 Å². The number of alkyl halides is 3. The number of nitrogens with zero attached hydrogens (tertiary/aromatic N) is 4. The Hall–Kier alpha value is -2.61. The Kier molecular flexibility index (Phi) is 5.95. The molecule has 0 aliphatic carbocycles. The Morgan fingerprint density at radius 3 is 2.41 bits per heavy atom. The maximum absolute atomic E-state index is 12.6.